The number of sulfonamides is 1. The fraction of sp³-hybridized carbons (Fsp3) is 0.636. The maximum Gasteiger partial charge on any atom is 0.309 e. The number of methoxy groups -OCH3 is 1. The number of ether oxygens (including phenoxy) is 2. The number of anilines is 1. The van der Waals surface area contributed by atoms with Crippen LogP contribution in [-0.2, 0) is 24.3 Å². The molecule has 1 aliphatic carbocycles. The number of benzene rings is 1. The van der Waals surface area contributed by atoms with Crippen molar-refractivity contribution in [3.8, 4) is 5.75 Å². The molecule has 1 aliphatic rings. The molecular weight excluding hydrogens is 420 g/mol. The normalized spacial score (nSPS) is 19.1. The third-order valence-corrected chi connectivity index (χ3v) is 7.53. The van der Waals surface area contributed by atoms with Crippen molar-refractivity contribution in [2.24, 2.45) is 11.8 Å². The lowest BCUT2D eigenvalue weighted by atomic mass is 9.80. The average Bonchev–Trinajstić information content (AvgIpc) is 2.76. The lowest BCUT2D eigenvalue weighted by Gasteiger charge is -2.27. The summed E-state index contributed by atoms with van der Waals surface area (Å²) in [6.45, 7) is 1.75. The number of carbonyl (C=O) groups is 2. The highest BCUT2D eigenvalue weighted by Gasteiger charge is 2.27. The largest absolute Gasteiger partial charge is 0.495 e. The van der Waals surface area contributed by atoms with E-state index in [0.717, 1.165) is 30.0 Å². The minimum Gasteiger partial charge on any atom is -0.495 e. The van der Waals surface area contributed by atoms with Gasteiger partial charge in [-0.25, -0.2) is 12.7 Å². The Balaban J connectivity index is 1.92. The summed E-state index contributed by atoms with van der Waals surface area (Å²) in [6.07, 6.45) is 7.27. The molecule has 0 saturated heterocycles. The summed E-state index contributed by atoms with van der Waals surface area (Å²) in [5, 5.41) is 2.58. The molecule has 1 aromatic rings. The van der Waals surface area contributed by atoms with Crippen LogP contribution in [0.3, 0.4) is 0 Å². The van der Waals surface area contributed by atoms with E-state index in [1.165, 1.54) is 58.7 Å². The van der Waals surface area contributed by atoms with Gasteiger partial charge in [-0.15, -0.1) is 0 Å². The number of amides is 1. The number of unbranched alkanes of at least 4 members (excludes halogenated alkanes) is 1. The summed E-state index contributed by atoms with van der Waals surface area (Å²) < 4.78 is 36.2. The van der Waals surface area contributed by atoms with Crippen molar-refractivity contribution in [3.63, 3.8) is 0 Å². The Hall–Kier alpha value is -2.13. The minimum atomic E-state index is -3.67. The molecule has 0 aromatic heterocycles. The third kappa shape index (κ3) is 6.93. The smallest absolute Gasteiger partial charge is 0.309 e. The second-order valence-corrected chi connectivity index (χ2v) is 10.3. The zero-order chi connectivity index (χ0) is 23.0. The van der Waals surface area contributed by atoms with E-state index in [1.54, 1.807) is 0 Å². The molecule has 2 rings (SSSR count). The molecule has 0 radical (unpaired) electrons. The Morgan fingerprint density at radius 3 is 2.42 bits per heavy atom. The number of nitrogens with one attached hydrogen (secondary N) is 1. The van der Waals surface area contributed by atoms with Crippen molar-refractivity contribution in [2.75, 3.05) is 33.1 Å². The maximum atomic E-state index is 12.3. The lowest BCUT2D eigenvalue weighted by molar-refractivity contribution is -0.152. The molecular formula is C22H34N2O6S. The zero-order valence-corrected chi connectivity index (χ0v) is 19.7. The molecule has 0 heterocycles. The van der Waals surface area contributed by atoms with Crippen LogP contribution in [0.15, 0.2) is 23.1 Å². The zero-order valence-electron chi connectivity index (χ0n) is 18.8. The molecule has 0 atom stereocenters. The van der Waals surface area contributed by atoms with Gasteiger partial charge in [0.2, 0.25) is 10.0 Å². The number of hydrogen-bond donors (Lipinski definition) is 1. The quantitative estimate of drug-likeness (QED) is 0.544. The second-order valence-electron chi connectivity index (χ2n) is 8.17. The number of hydrogen-bond acceptors (Lipinski definition) is 6. The fourth-order valence-electron chi connectivity index (χ4n) is 3.78. The first-order chi connectivity index (χ1) is 14.7. The van der Waals surface area contributed by atoms with Gasteiger partial charge in [0, 0.05) is 14.1 Å². The van der Waals surface area contributed by atoms with Crippen molar-refractivity contribution in [2.45, 2.75) is 56.8 Å². The summed E-state index contributed by atoms with van der Waals surface area (Å²) >= 11 is 0. The van der Waals surface area contributed by atoms with Crippen molar-refractivity contribution < 1.29 is 27.5 Å². The first-order valence-electron chi connectivity index (χ1n) is 10.8. The van der Waals surface area contributed by atoms with E-state index in [1.807, 2.05) is 0 Å². The molecule has 1 fully saturated rings. The van der Waals surface area contributed by atoms with Gasteiger partial charge in [-0.05, 0) is 49.8 Å². The third-order valence-electron chi connectivity index (χ3n) is 5.72. The van der Waals surface area contributed by atoms with E-state index in [4.69, 9.17) is 9.47 Å². The standard InChI is InChI=1S/C22H34N2O6S/c1-5-6-7-16-8-10-17(11-9-16)22(26)30-15-21(25)23-19-14-18(12-13-20(19)29-4)31(27,28)24(2)3/h12-14,16-17H,5-11,15H2,1-4H3,(H,23,25). The van der Waals surface area contributed by atoms with Gasteiger partial charge in [-0.3, -0.25) is 9.59 Å². The van der Waals surface area contributed by atoms with Gasteiger partial charge in [-0.1, -0.05) is 26.2 Å². The first-order valence-corrected chi connectivity index (χ1v) is 12.2. The van der Waals surface area contributed by atoms with Gasteiger partial charge < -0.3 is 14.8 Å². The highest BCUT2D eigenvalue weighted by Crippen LogP contribution is 2.32. The fourth-order valence-corrected chi connectivity index (χ4v) is 4.70. The molecule has 0 spiro atoms. The van der Waals surface area contributed by atoms with Gasteiger partial charge >= 0.3 is 5.97 Å². The molecule has 0 unspecified atom stereocenters. The highest BCUT2D eigenvalue weighted by atomic mass is 32.2. The summed E-state index contributed by atoms with van der Waals surface area (Å²) in [6, 6.07) is 4.20. The Morgan fingerprint density at radius 1 is 1.16 bits per heavy atom. The number of rotatable bonds is 10. The van der Waals surface area contributed by atoms with Crippen molar-refractivity contribution in [3.05, 3.63) is 18.2 Å². The predicted octanol–water partition coefficient (Wildman–Crippen LogP) is 3.42. The van der Waals surface area contributed by atoms with E-state index >= 15 is 0 Å². The Bertz CT molecular complexity index is 861. The Kier molecular flexibility index (Phi) is 9.31. The molecule has 174 valence electrons. The van der Waals surface area contributed by atoms with Crippen LogP contribution in [0.4, 0.5) is 5.69 Å². The molecule has 31 heavy (non-hydrogen) atoms. The van der Waals surface area contributed by atoms with Crippen LogP contribution in [0.2, 0.25) is 0 Å². The minimum absolute atomic E-state index is 0.0189. The van der Waals surface area contributed by atoms with Crippen LogP contribution in [0, 0.1) is 11.8 Å². The van der Waals surface area contributed by atoms with E-state index < -0.39 is 22.5 Å². The summed E-state index contributed by atoms with van der Waals surface area (Å²) in [4.78, 5) is 24.7. The van der Waals surface area contributed by atoms with Crippen LogP contribution in [0.1, 0.15) is 51.9 Å². The van der Waals surface area contributed by atoms with Crippen molar-refractivity contribution >= 4 is 27.6 Å². The number of nitrogens with zero attached hydrogens (tertiary/aromatic N) is 1. The number of esters is 1. The second kappa shape index (κ2) is 11.5. The van der Waals surface area contributed by atoms with Gasteiger partial charge in [0.1, 0.15) is 5.75 Å². The van der Waals surface area contributed by atoms with Gasteiger partial charge in [0.25, 0.3) is 5.91 Å². The molecule has 8 nitrogen and oxygen atoms in total. The molecule has 0 aliphatic heterocycles. The Labute approximate surface area is 185 Å². The first kappa shape index (κ1) is 25.1. The van der Waals surface area contributed by atoms with Crippen molar-refractivity contribution in [1.29, 1.82) is 0 Å². The molecule has 1 amide bonds. The van der Waals surface area contributed by atoms with Gasteiger partial charge in [0.05, 0.1) is 23.6 Å². The molecule has 1 N–H and O–H groups in total. The van der Waals surface area contributed by atoms with Gasteiger partial charge in [-0.2, -0.15) is 0 Å². The van der Waals surface area contributed by atoms with Crippen LogP contribution >= 0.6 is 0 Å². The monoisotopic (exact) mass is 454 g/mol. The van der Waals surface area contributed by atoms with Crippen molar-refractivity contribution in [1.82, 2.24) is 4.31 Å². The summed E-state index contributed by atoms with van der Waals surface area (Å²) in [5.74, 6) is -0.0651. The molecule has 9 heteroatoms. The SMILES string of the molecule is CCCCC1CCC(C(=O)OCC(=O)Nc2cc(S(=O)(=O)N(C)C)ccc2OC)CC1. The molecule has 1 aromatic carbocycles. The van der Waals surface area contributed by atoms with Crippen LogP contribution in [-0.4, -0.2) is 52.4 Å². The summed E-state index contributed by atoms with van der Waals surface area (Å²) in [5.41, 5.74) is 0.197. The maximum absolute atomic E-state index is 12.3. The van der Waals surface area contributed by atoms with E-state index in [0.29, 0.717) is 11.7 Å². The van der Waals surface area contributed by atoms with E-state index in [9.17, 15) is 18.0 Å². The molecule has 1 saturated carbocycles. The molecule has 0 bridgehead atoms. The van der Waals surface area contributed by atoms with Crippen LogP contribution in [0.5, 0.6) is 5.75 Å². The lowest BCUT2D eigenvalue weighted by Crippen LogP contribution is -2.27. The predicted molar refractivity (Wildman–Crippen MR) is 118 cm³/mol. The van der Waals surface area contributed by atoms with E-state index in [2.05, 4.69) is 12.2 Å². The summed E-state index contributed by atoms with van der Waals surface area (Å²) in [7, 11) is 0.599. The highest BCUT2D eigenvalue weighted by molar-refractivity contribution is 7.89. The number of carbonyl (C=O) groups excluding carboxylic acids is 2. The van der Waals surface area contributed by atoms with Crippen LogP contribution in [0.25, 0.3) is 0 Å². The van der Waals surface area contributed by atoms with E-state index in [-0.39, 0.29) is 22.5 Å². The van der Waals surface area contributed by atoms with Crippen LogP contribution < -0.4 is 10.1 Å². The Morgan fingerprint density at radius 2 is 1.84 bits per heavy atom. The topological polar surface area (TPSA) is 102 Å². The average molecular weight is 455 g/mol. The van der Waals surface area contributed by atoms with Gasteiger partial charge in [0.15, 0.2) is 6.61 Å².